The first-order valence-corrected chi connectivity index (χ1v) is 7.20. The van der Waals surface area contributed by atoms with Gasteiger partial charge in [0.25, 0.3) is 0 Å². The zero-order chi connectivity index (χ0) is 15.7. The number of hydrogen-bond donors (Lipinski definition) is 3. The number of hydrogen-bond acceptors (Lipinski definition) is 3. The molecule has 1 atom stereocenters. The van der Waals surface area contributed by atoms with Crippen LogP contribution in [0.2, 0.25) is 0 Å². The van der Waals surface area contributed by atoms with E-state index in [9.17, 15) is 9.59 Å². The number of benzene rings is 1. The number of carboxylic acids is 1. The average molecular weight is 299 g/mol. The van der Waals surface area contributed by atoms with Gasteiger partial charge in [-0.3, -0.25) is 9.89 Å². The van der Waals surface area contributed by atoms with Gasteiger partial charge in [0, 0.05) is 23.7 Å². The topological polar surface area (TPSA) is 95.1 Å². The van der Waals surface area contributed by atoms with Crippen LogP contribution < -0.4 is 5.32 Å². The first-order valence-electron chi connectivity index (χ1n) is 7.20. The van der Waals surface area contributed by atoms with Gasteiger partial charge >= 0.3 is 5.97 Å². The first-order chi connectivity index (χ1) is 10.5. The molecular weight excluding hydrogens is 282 g/mol. The van der Waals surface area contributed by atoms with Crippen LogP contribution in [-0.4, -0.2) is 27.2 Å². The summed E-state index contributed by atoms with van der Waals surface area (Å²) in [6.07, 6.45) is 4.12. The van der Waals surface area contributed by atoms with Crippen LogP contribution in [0.15, 0.2) is 24.4 Å². The number of carbonyl (C=O) groups excluding carboxylic acids is 1. The van der Waals surface area contributed by atoms with E-state index in [0.29, 0.717) is 17.7 Å². The molecule has 2 aromatic rings. The van der Waals surface area contributed by atoms with Gasteiger partial charge in [0.05, 0.1) is 11.8 Å². The molecular formula is C16H17N3O3. The molecule has 1 aliphatic rings. The van der Waals surface area contributed by atoms with E-state index in [-0.39, 0.29) is 17.4 Å². The predicted molar refractivity (Wildman–Crippen MR) is 80.9 cm³/mol. The summed E-state index contributed by atoms with van der Waals surface area (Å²) in [5, 5.41) is 18.8. The van der Waals surface area contributed by atoms with Gasteiger partial charge in [-0.25, -0.2) is 4.79 Å². The number of aromatic nitrogens is 2. The fourth-order valence-electron chi connectivity index (χ4n) is 2.86. The zero-order valence-electron chi connectivity index (χ0n) is 12.2. The van der Waals surface area contributed by atoms with E-state index in [4.69, 9.17) is 5.11 Å². The predicted octanol–water partition coefficient (Wildman–Crippen LogP) is 2.16. The molecule has 6 nitrogen and oxygen atoms in total. The van der Waals surface area contributed by atoms with Gasteiger partial charge in [-0.1, -0.05) is 0 Å². The minimum absolute atomic E-state index is 0.0391. The van der Waals surface area contributed by atoms with Crippen LogP contribution in [-0.2, 0) is 17.6 Å². The summed E-state index contributed by atoms with van der Waals surface area (Å²) in [4.78, 5) is 23.4. The van der Waals surface area contributed by atoms with Crippen LogP contribution in [0.25, 0.3) is 0 Å². The van der Waals surface area contributed by atoms with E-state index in [2.05, 4.69) is 15.5 Å². The standard InChI is InChI=1S/C16H17N3O3/c1-9-6-12(4-5-13(9)16(21)22)18-15(20)10-2-3-11-8-17-19-14(11)7-10/h4-6,8,10H,2-3,7H2,1H3,(H,17,19)(H,18,20)(H,21,22)/t10-/m1/s1. The molecule has 0 saturated carbocycles. The molecule has 3 N–H and O–H groups in total. The van der Waals surface area contributed by atoms with Crippen LogP contribution in [0.1, 0.15) is 33.6 Å². The second kappa shape index (κ2) is 5.63. The second-order valence-electron chi connectivity index (χ2n) is 5.64. The molecule has 0 unspecified atom stereocenters. The van der Waals surface area contributed by atoms with Gasteiger partial charge in [0.15, 0.2) is 0 Å². The number of nitrogens with zero attached hydrogens (tertiary/aromatic N) is 1. The van der Waals surface area contributed by atoms with Crippen molar-refractivity contribution in [2.75, 3.05) is 5.32 Å². The van der Waals surface area contributed by atoms with E-state index in [1.165, 1.54) is 11.6 Å². The summed E-state index contributed by atoms with van der Waals surface area (Å²) in [7, 11) is 0. The maximum absolute atomic E-state index is 12.4. The van der Waals surface area contributed by atoms with E-state index >= 15 is 0 Å². The van der Waals surface area contributed by atoms with Gasteiger partial charge in [0.2, 0.25) is 5.91 Å². The van der Waals surface area contributed by atoms with Crippen molar-refractivity contribution in [2.24, 2.45) is 5.92 Å². The van der Waals surface area contributed by atoms with Crippen molar-refractivity contribution in [1.29, 1.82) is 0 Å². The van der Waals surface area contributed by atoms with Crippen molar-refractivity contribution in [1.82, 2.24) is 10.2 Å². The monoisotopic (exact) mass is 299 g/mol. The Hall–Kier alpha value is -2.63. The first kappa shape index (κ1) is 14.3. The molecule has 3 rings (SSSR count). The van der Waals surface area contributed by atoms with Gasteiger partial charge in [-0.15, -0.1) is 0 Å². The molecule has 22 heavy (non-hydrogen) atoms. The van der Waals surface area contributed by atoms with Gasteiger partial charge in [-0.2, -0.15) is 5.10 Å². The lowest BCUT2D eigenvalue weighted by Crippen LogP contribution is -2.28. The maximum Gasteiger partial charge on any atom is 0.335 e. The third-order valence-corrected chi connectivity index (χ3v) is 4.12. The number of aromatic carboxylic acids is 1. The Morgan fingerprint density at radius 3 is 2.95 bits per heavy atom. The Kier molecular flexibility index (Phi) is 3.66. The number of nitrogens with one attached hydrogen (secondary N) is 2. The van der Waals surface area contributed by atoms with Crippen molar-refractivity contribution in [3.05, 3.63) is 46.8 Å². The summed E-state index contributed by atoms with van der Waals surface area (Å²) in [5.41, 5.74) is 3.72. The molecule has 1 aromatic heterocycles. The summed E-state index contributed by atoms with van der Waals surface area (Å²) in [6.45, 7) is 1.72. The molecule has 0 fully saturated rings. The fourth-order valence-corrected chi connectivity index (χ4v) is 2.86. The summed E-state index contributed by atoms with van der Waals surface area (Å²) in [6, 6.07) is 4.83. The highest BCUT2D eigenvalue weighted by molar-refractivity contribution is 5.94. The molecule has 1 heterocycles. The van der Waals surface area contributed by atoms with Crippen LogP contribution in [0.3, 0.4) is 0 Å². The van der Waals surface area contributed by atoms with Crippen molar-refractivity contribution in [3.8, 4) is 0 Å². The quantitative estimate of drug-likeness (QED) is 0.809. The number of rotatable bonds is 3. The number of anilines is 1. The van der Waals surface area contributed by atoms with Crippen LogP contribution in [0.5, 0.6) is 0 Å². The number of fused-ring (bicyclic) bond motifs is 1. The number of H-pyrrole nitrogens is 1. The highest BCUT2D eigenvalue weighted by atomic mass is 16.4. The normalized spacial score (nSPS) is 16.9. The van der Waals surface area contributed by atoms with Gasteiger partial charge in [0.1, 0.15) is 0 Å². The smallest absolute Gasteiger partial charge is 0.335 e. The molecule has 0 radical (unpaired) electrons. The molecule has 0 bridgehead atoms. The van der Waals surface area contributed by atoms with Crippen LogP contribution in [0.4, 0.5) is 5.69 Å². The lowest BCUT2D eigenvalue weighted by atomic mass is 9.87. The van der Waals surface area contributed by atoms with E-state index in [1.54, 1.807) is 19.1 Å². The average Bonchev–Trinajstić information content (AvgIpc) is 2.94. The van der Waals surface area contributed by atoms with E-state index < -0.39 is 5.97 Å². The molecule has 0 saturated heterocycles. The van der Waals surface area contributed by atoms with E-state index in [0.717, 1.165) is 18.5 Å². The minimum Gasteiger partial charge on any atom is -0.478 e. The molecule has 1 aromatic carbocycles. The Balaban J connectivity index is 1.70. The Morgan fingerprint density at radius 2 is 2.23 bits per heavy atom. The lowest BCUT2D eigenvalue weighted by molar-refractivity contribution is -0.120. The van der Waals surface area contributed by atoms with Crippen molar-refractivity contribution < 1.29 is 14.7 Å². The number of amides is 1. The van der Waals surface area contributed by atoms with Crippen LogP contribution >= 0.6 is 0 Å². The van der Waals surface area contributed by atoms with Gasteiger partial charge in [-0.05, 0) is 49.1 Å². The third-order valence-electron chi connectivity index (χ3n) is 4.12. The number of aryl methyl sites for hydroxylation is 2. The highest BCUT2D eigenvalue weighted by Gasteiger charge is 2.26. The van der Waals surface area contributed by atoms with Crippen molar-refractivity contribution in [3.63, 3.8) is 0 Å². The maximum atomic E-state index is 12.4. The highest BCUT2D eigenvalue weighted by Crippen LogP contribution is 2.25. The molecule has 6 heteroatoms. The third kappa shape index (κ3) is 2.72. The van der Waals surface area contributed by atoms with Crippen molar-refractivity contribution >= 4 is 17.6 Å². The molecule has 1 aliphatic carbocycles. The summed E-state index contributed by atoms with van der Waals surface area (Å²) >= 11 is 0. The van der Waals surface area contributed by atoms with Gasteiger partial charge < -0.3 is 10.4 Å². The number of carboxylic acid groups (broad SMARTS) is 1. The largest absolute Gasteiger partial charge is 0.478 e. The number of aromatic amines is 1. The van der Waals surface area contributed by atoms with E-state index in [1.807, 2.05) is 6.20 Å². The Bertz CT molecular complexity index is 736. The molecule has 0 aliphatic heterocycles. The summed E-state index contributed by atoms with van der Waals surface area (Å²) < 4.78 is 0. The van der Waals surface area contributed by atoms with Crippen LogP contribution in [0, 0.1) is 12.8 Å². The summed E-state index contributed by atoms with van der Waals surface area (Å²) in [5.74, 6) is -1.09. The fraction of sp³-hybridized carbons (Fsp3) is 0.312. The number of carbonyl (C=O) groups is 2. The minimum atomic E-state index is -0.963. The molecule has 0 spiro atoms. The second-order valence-corrected chi connectivity index (χ2v) is 5.64. The van der Waals surface area contributed by atoms with Crippen molar-refractivity contribution in [2.45, 2.75) is 26.2 Å². The zero-order valence-corrected chi connectivity index (χ0v) is 12.2. The lowest BCUT2D eigenvalue weighted by Gasteiger charge is -2.21. The molecule has 1 amide bonds. The Morgan fingerprint density at radius 1 is 1.41 bits per heavy atom. The molecule has 114 valence electrons. The SMILES string of the molecule is Cc1cc(NC(=O)[C@@H]2CCc3cn[nH]c3C2)ccc1C(=O)O. The Labute approximate surface area is 127 Å².